The Hall–Kier alpha value is -3.58. The third-order valence-electron chi connectivity index (χ3n) is 6.94. The fourth-order valence-corrected chi connectivity index (χ4v) is 4.79. The van der Waals surface area contributed by atoms with Gasteiger partial charge < -0.3 is 19.3 Å². The maximum absolute atomic E-state index is 12.6. The first kappa shape index (κ1) is 26.5. The van der Waals surface area contributed by atoms with E-state index in [-0.39, 0.29) is 5.91 Å². The standard InChI is InChI=1S/C30H38N4O3/c1-5-33(6-2)30(35)23-10-12-27(13-11-23)34-16-14-32(15-17-34)22-25-9-8-24(19-29(25)36-4)26-18-28(37-7-3)21-31-20-26/h8-13,18-21H,5-7,14-17,22H2,1-4H3. The molecule has 37 heavy (non-hydrogen) atoms. The summed E-state index contributed by atoms with van der Waals surface area (Å²) in [6.07, 6.45) is 3.58. The van der Waals surface area contributed by atoms with Gasteiger partial charge in [-0.25, -0.2) is 0 Å². The van der Waals surface area contributed by atoms with Crippen molar-refractivity contribution in [1.82, 2.24) is 14.8 Å². The number of anilines is 1. The Kier molecular flexibility index (Phi) is 9.01. The molecule has 196 valence electrons. The highest BCUT2D eigenvalue weighted by Gasteiger charge is 2.20. The summed E-state index contributed by atoms with van der Waals surface area (Å²) in [6.45, 7) is 12.7. The first-order valence-corrected chi connectivity index (χ1v) is 13.2. The summed E-state index contributed by atoms with van der Waals surface area (Å²) >= 11 is 0. The highest BCUT2D eigenvalue weighted by molar-refractivity contribution is 5.94. The Labute approximate surface area is 220 Å². The second kappa shape index (κ2) is 12.6. The number of nitrogens with zero attached hydrogens (tertiary/aromatic N) is 4. The van der Waals surface area contributed by atoms with Crippen molar-refractivity contribution in [1.29, 1.82) is 0 Å². The third-order valence-corrected chi connectivity index (χ3v) is 6.94. The van der Waals surface area contributed by atoms with Crippen molar-refractivity contribution < 1.29 is 14.3 Å². The first-order valence-electron chi connectivity index (χ1n) is 13.2. The lowest BCUT2D eigenvalue weighted by Crippen LogP contribution is -2.46. The van der Waals surface area contributed by atoms with E-state index in [1.807, 2.05) is 50.1 Å². The van der Waals surface area contributed by atoms with E-state index in [0.29, 0.717) is 6.61 Å². The summed E-state index contributed by atoms with van der Waals surface area (Å²) in [7, 11) is 1.73. The lowest BCUT2D eigenvalue weighted by atomic mass is 10.0. The molecule has 0 bridgehead atoms. The van der Waals surface area contributed by atoms with Crippen LogP contribution >= 0.6 is 0 Å². The zero-order chi connectivity index (χ0) is 26.2. The van der Waals surface area contributed by atoms with Crippen LogP contribution in [0.1, 0.15) is 36.7 Å². The predicted molar refractivity (Wildman–Crippen MR) is 149 cm³/mol. The van der Waals surface area contributed by atoms with Gasteiger partial charge in [0, 0.05) is 74.4 Å². The Balaban J connectivity index is 1.36. The molecule has 1 aliphatic rings. The number of amides is 1. The maximum Gasteiger partial charge on any atom is 0.253 e. The molecule has 0 unspecified atom stereocenters. The van der Waals surface area contributed by atoms with Gasteiger partial charge in [-0.15, -0.1) is 0 Å². The van der Waals surface area contributed by atoms with Crippen LogP contribution in [0.4, 0.5) is 5.69 Å². The van der Waals surface area contributed by atoms with E-state index in [4.69, 9.17) is 9.47 Å². The molecule has 1 fully saturated rings. The molecule has 0 saturated carbocycles. The minimum absolute atomic E-state index is 0.0968. The number of piperazine rings is 1. The Morgan fingerprint density at radius 2 is 1.65 bits per heavy atom. The van der Waals surface area contributed by atoms with Gasteiger partial charge in [-0.3, -0.25) is 14.7 Å². The van der Waals surface area contributed by atoms with Crippen LogP contribution in [-0.4, -0.2) is 73.7 Å². The number of methoxy groups -OCH3 is 1. The SMILES string of the molecule is CCOc1cncc(-c2ccc(CN3CCN(c4ccc(C(=O)N(CC)CC)cc4)CC3)c(OC)c2)c1. The van der Waals surface area contributed by atoms with E-state index in [1.165, 1.54) is 11.3 Å². The molecule has 3 aromatic rings. The van der Waals surface area contributed by atoms with E-state index < -0.39 is 0 Å². The van der Waals surface area contributed by atoms with Crippen molar-refractivity contribution in [3.63, 3.8) is 0 Å². The van der Waals surface area contributed by atoms with Crippen LogP contribution in [-0.2, 0) is 6.54 Å². The van der Waals surface area contributed by atoms with Gasteiger partial charge in [0.25, 0.3) is 5.91 Å². The number of carbonyl (C=O) groups excluding carboxylic acids is 1. The zero-order valence-corrected chi connectivity index (χ0v) is 22.4. The number of rotatable bonds is 10. The second-order valence-electron chi connectivity index (χ2n) is 9.16. The molecular weight excluding hydrogens is 464 g/mol. The number of aromatic nitrogens is 1. The molecule has 2 aromatic carbocycles. The highest BCUT2D eigenvalue weighted by Crippen LogP contribution is 2.30. The fraction of sp³-hybridized carbons (Fsp3) is 0.400. The summed E-state index contributed by atoms with van der Waals surface area (Å²) in [5.41, 5.74) is 5.16. The van der Waals surface area contributed by atoms with Crippen LogP contribution in [0.3, 0.4) is 0 Å². The average Bonchev–Trinajstić information content (AvgIpc) is 2.95. The molecule has 1 amide bonds. The number of ether oxygens (including phenoxy) is 2. The molecule has 4 rings (SSSR count). The third kappa shape index (κ3) is 6.41. The van der Waals surface area contributed by atoms with Gasteiger partial charge >= 0.3 is 0 Å². The Bertz CT molecular complexity index is 1170. The number of benzene rings is 2. The molecule has 2 heterocycles. The maximum atomic E-state index is 12.6. The topological polar surface area (TPSA) is 58.1 Å². The Morgan fingerprint density at radius 1 is 0.919 bits per heavy atom. The molecular formula is C30H38N4O3. The molecule has 1 aliphatic heterocycles. The Morgan fingerprint density at radius 3 is 2.30 bits per heavy atom. The molecule has 7 heteroatoms. The molecule has 7 nitrogen and oxygen atoms in total. The average molecular weight is 503 g/mol. The van der Waals surface area contributed by atoms with E-state index in [9.17, 15) is 4.79 Å². The zero-order valence-electron chi connectivity index (χ0n) is 22.4. The van der Waals surface area contributed by atoms with E-state index in [1.54, 1.807) is 13.3 Å². The smallest absolute Gasteiger partial charge is 0.253 e. The van der Waals surface area contributed by atoms with Gasteiger partial charge in [-0.05, 0) is 62.7 Å². The van der Waals surface area contributed by atoms with Crippen LogP contribution in [0, 0.1) is 0 Å². The van der Waals surface area contributed by atoms with E-state index in [2.05, 4.69) is 45.1 Å². The van der Waals surface area contributed by atoms with Crippen LogP contribution in [0.5, 0.6) is 11.5 Å². The molecule has 1 aromatic heterocycles. The molecule has 0 N–H and O–H groups in total. The van der Waals surface area contributed by atoms with E-state index in [0.717, 1.165) is 74.0 Å². The number of carbonyl (C=O) groups is 1. The van der Waals surface area contributed by atoms with Gasteiger partial charge in [0.2, 0.25) is 0 Å². The van der Waals surface area contributed by atoms with Crippen LogP contribution in [0.15, 0.2) is 60.9 Å². The first-order chi connectivity index (χ1) is 18.1. The second-order valence-corrected chi connectivity index (χ2v) is 9.16. The van der Waals surface area contributed by atoms with Gasteiger partial charge in [0.05, 0.1) is 19.9 Å². The summed E-state index contributed by atoms with van der Waals surface area (Å²) in [5.74, 6) is 1.75. The molecule has 0 spiro atoms. The molecule has 0 aliphatic carbocycles. The number of pyridine rings is 1. The van der Waals surface area contributed by atoms with Crippen molar-refractivity contribution in [2.75, 3.05) is 57.9 Å². The fourth-order valence-electron chi connectivity index (χ4n) is 4.79. The lowest BCUT2D eigenvalue weighted by Gasteiger charge is -2.36. The van der Waals surface area contributed by atoms with Crippen LogP contribution in [0.25, 0.3) is 11.1 Å². The van der Waals surface area contributed by atoms with Crippen LogP contribution in [0.2, 0.25) is 0 Å². The van der Waals surface area contributed by atoms with Crippen LogP contribution < -0.4 is 14.4 Å². The van der Waals surface area contributed by atoms with Crippen molar-refractivity contribution in [2.45, 2.75) is 27.3 Å². The number of hydrogen-bond donors (Lipinski definition) is 0. The lowest BCUT2D eigenvalue weighted by molar-refractivity contribution is 0.0773. The minimum atomic E-state index is 0.0968. The normalized spacial score (nSPS) is 13.9. The molecule has 0 radical (unpaired) electrons. The summed E-state index contributed by atoms with van der Waals surface area (Å²) in [6, 6.07) is 16.4. The largest absolute Gasteiger partial charge is 0.496 e. The van der Waals surface area contributed by atoms with Gasteiger partial charge in [0.1, 0.15) is 11.5 Å². The summed E-state index contributed by atoms with van der Waals surface area (Å²) in [5, 5.41) is 0. The minimum Gasteiger partial charge on any atom is -0.496 e. The van der Waals surface area contributed by atoms with Crippen molar-refractivity contribution >= 4 is 11.6 Å². The molecule has 0 atom stereocenters. The summed E-state index contributed by atoms with van der Waals surface area (Å²) < 4.78 is 11.4. The highest BCUT2D eigenvalue weighted by atomic mass is 16.5. The molecule has 1 saturated heterocycles. The van der Waals surface area contributed by atoms with Crippen molar-refractivity contribution in [3.05, 3.63) is 72.1 Å². The van der Waals surface area contributed by atoms with Gasteiger partial charge in [-0.1, -0.05) is 12.1 Å². The quantitative estimate of drug-likeness (QED) is 0.391. The summed E-state index contributed by atoms with van der Waals surface area (Å²) in [4.78, 5) is 23.6. The van der Waals surface area contributed by atoms with Crippen molar-refractivity contribution in [3.8, 4) is 22.6 Å². The van der Waals surface area contributed by atoms with E-state index >= 15 is 0 Å². The predicted octanol–water partition coefficient (Wildman–Crippen LogP) is 4.96. The van der Waals surface area contributed by atoms with Gasteiger partial charge in [0.15, 0.2) is 0 Å². The van der Waals surface area contributed by atoms with Crippen molar-refractivity contribution in [2.24, 2.45) is 0 Å². The monoisotopic (exact) mass is 502 g/mol. The number of hydrogen-bond acceptors (Lipinski definition) is 6. The van der Waals surface area contributed by atoms with Gasteiger partial charge in [-0.2, -0.15) is 0 Å².